The van der Waals surface area contributed by atoms with Crippen molar-refractivity contribution in [3.63, 3.8) is 0 Å². The Morgan fingerprint density at radius 2 is 1.60 bits per heavy atom. The van der Waals surface area contributed by atoms with Crippen molar-refractivity contribution in [1.29, 1.82) is 0 Å². The van der Waals surface area contributed by atoms with E-state index in [9.17, 15) is 14.7 Å². The lowest BCUT2D eigenvalue weighted by Crippen LogP contribution is -2.65. The zero-order chi connectivity index (χ0) is 36.8. The predicted molar refractivity (Wildman–Crippen MR) is 208 cm³/mol. The van der Waals surface area contributed by atoms with E-state index in [0.29, 0.717) is 24.2 Å². The number of hydrogen-bond acceptors (Lipinski definition) is 7. The lowest BCUT2D eigenvalue weighted by molar-refractivity contribution is -0.197. The van der Waals surface area contributed by atoms with Gasteiger partial charge in [0.1, 0.15) is 11.7 Å². The standard InChI is InChI=1S/C44H74N4O4/c1-7-45(8-2)16-18-47-20-22-48(23-21-47)19-17-46(9-3)29-39-34(24-33-12-10-11-13-33)25-40(52-39)43-28-36-32(6)14-15-37(36)42(30-49)27-35(43)26-38(31(4)5)44(42,43)41(50)51/h26,30-37,39-40H,7-25,27-29H2,1-6H3,(H,50,51)/t32-,34+,35?,36-,37-,39+,40-,42?,43?,44+/m1/s1. The second-order valence-electron chi connectivity index (χ2n) is 19.0. The number of likely N-dealkylation sites (N-methyl/N-ethyl adjacent to an activating group) is 2. The number of carbonyl (C=O) groups excluding carboxylic acids is 1. The Labute approximate surface area is 316 Å². The number of aldehydes is 1. The Morgan fingerprint density at radius 1 is 0.962 bits per heavy atom. The van der Waals surface area contributed by atoms with Crippen LogP contribution < -0.4 is 0 Å². The van der Waals surface area contributed by atoms with Crippen molar-refractivity contribution in [3.05, 3.63) is 11.6 Å². The molecule has 8 heteroatoms. The molecular weight excluding hydrogens is 649 g/mol. The molecule has 10 atom stereocenters. The number of rotatable bonds is 17. The first-order valence-electron chi connectivity index (χ1n) is 22.0. The fraction of sp³-hybridized carbons (Fsp3) is 0.909. The van der Waals surface area contributed by atoms with Gasteiger partial charge in [-0.1, -0.05) is 85.3 Å². The molecule has 0 radical (unpaired) electrons. The normalized spacial score (nSPS) is 40.8. The minimum atomic E-state index is -1.15. The Hall–Kier alpha value is -1.32. The van der Waals surface area contributed by atoms with Crippen LogP contribution >= 0.6 is 0 Å². The summed E-state index contributed by atoms with van der Waals surface area (Å²) in [6, 6.07) is 0. The fourth-order valence-corrected chi connectivity index (χ4v) is 14.1. The molecule has 4 saturated carbocycles. The lowest BCUT2D eigenvalue weighted by Gasteiger charge is -2.60. The van der Waals surface area contributed by atoms with Gasteiger partial charge in [-0.3, -0.25) is 19.5 Å². The number of piperazine rings is 1. The highest BCUT2D eigenvalue weighted by molar-refractivity contribution is 5.90. The maximum absolute atomic E-state index is 14.2. The molecule has 3 unspecified atom stereocenters. The van der Waals surface area contributed by atoms with Crippen LogP contribution in [0.2, 0.25) is 0 Å². The first kappa shape index (κ1) is 38.9. The van der Waals surface area contributed by atoms with Crippen LogP contribution in [-0.2, 0) is 14.3 Å². The van der Waals surface area contributed by atoms with E-state index in [0.717, 1.165) is 103 Å². The van der Waals surface area contributed by atoms with E-state index in [4.69, 9.17) is 4.74 Å². The number of carboxylic acid groups (broad SMARTS) is 1. The van der Waals surface area contributed by atoms with Crippen molar-refractivity contribution in [2.45, 2.75) is 118 Å². The second kappa shape index (κ2) is 15.7. The molecule has 0 aromatic rings. The molecule has 8 nitrogen and oxygen atoms in total. The van der Waals surface area contributed by atoms with Crippen LogP contribution in [0.4, 0.5) is 0 Å². The Kier molecular flexibility index (Phi) is 11.7. The summed E-state index contributed by atoms with van der Waals surface area (Å²) in [5.74, 6) is 1.78. The van der Waals surface area contributed by atoms with Gasteiger partial charge >= 0.3 is 5.97 Å². The molecule has 2 aliphatic heterocycles. The quantitative estimate of drug-likeness (QED) is 0.134. The number of nitrogens with zero attached hydrogens (tertiary/aromatic N) is 4. The molecule has 0 aromatic carbocycles. The van der Waals surface area contributed by atoms with Crippen molar-refractivity contribution in [1.82, 2.24) is 19.6 Å². The number of allylic oxidation sites excluding steroid dienone is 1. The molecule has 294 valence electrons. The zero-order valence-electron chi connectivity index (χ0n) is 33.9. The van der Waals surface area contributed by atoms with Crippen molar-refractivity contribution >= 4 is 12.3 Å². The van der Waals surface area contributed by atoms with E-state index in [1.807, 2.05) is 0 Å². The molecular formula is C44H74N4O4. The summed E-state index contributed by atoms with van der Waals surface area (Å²) in [4.78, 5) is 38.4. The maximum Gasteiger partial charge on any atom is 0.315 e. The maximum atomic E-state index is 14.2. The van der Waals surface area contributed by atoms with Crippen LogP contribution in [0.15, 0.2) is 11.6 Å². The zero-order valence-corrected chi connectivity index (χ0v) is 33.9. The summed E-state index contributed by atoms with van der Waals surface area (Å²) in [5, 5.41) is 11.7. The van der Waals surface area contributed by atoms with Gasteiger partial charge in [-0.2, -0.15) is 0 Å². The monoisotopic (exact) mass is 723 g/mol. The fourth-order valence-electron chi connectivity index (χ4n) is 14.1. The Balaban J connectivity index is 1.10. The molecule has 1 N–H and O–H groups in total. The Morgan fingerprint density at radius 3 is 2.17 bits per heavy atom. The van der Waals surface area contributed by atoms with Crippen molar-refractivity contribution in [2.24, 2.45) is 57.7 Å². The molecule has 6 fully saturated rings. The van der Waals surface area contributed by atoms with E-state index in [2.05, 4.69) is 67.2 Å². The SMILES string of the molecule is CCN(CC)CCN1CCN(CCN(CC)C[C@@H]2O[C@@H](C34C[C@@H]5[C@H](C)CC[C@H]5C5(C=O)CC3C=C(C(C)C)[C@]54C(=O)O)C[C@@H]2CC2CCCC2)CC1. The summed E-state index contributed by atoms with van der Waals surface area (Å²) in [6.45, 7) is 26.8. The number of aliphatic carboxylic acids is 1. The van der Waals surface area contributed by atoms with Gasteiger partial charge in [0.25, 0.3) is 0 Å². The summed E-state index contributed by atoms with van der Waals surface area (Å²) in [7, 11) is 0. The number of carboxylic acids is 1. The van der Waals surface area contributed by atoms with Gasteiger partial charge in [0.05, 0.1) is 17.6 Å². The van der Waals surface area contributed by atoms with Crippen LogP contribution in [0.5, 0.6) is 0 Å². The first-order chi connectivity index (χ1) is 25.1. The molecule has 2 saturated heterocycles. The molecule has 7 aliphatic rings. The van der Waals surface area contributed by atoms with Gasteiger partial charge in [-0.15, -0.1) is 0 Å². The smallest absolute Gasteiger partial charge is 0.315 e. The first-order valence-corrected chi connectivity index (χ1v) is 22.0. The van der Waals surface area contributed by atoms with Crippen molar-refractivity contribution in [3.8, 4) is 0 Å². The van der Waals surface area contributed by atoms with Crippen molar-refractivity contribution in [2.75, 3.05) is 78.5 Å². The molecule has 5 aliphatic carbocycles. The van der Waals surface area contributed by atoms with Crippen LogP contribution in [0.25, 0.3) is 0 Å². The van der Waals surface area contributed by atoms with Gasteiger partial charge in [-0.25, -0.2) is 0 Å². The predicted octanol–water partition coefficient (Wildman–Crippen LogP) is 6.55. The average molecular weight is 723 g/mol. The van der Waals surface area contributed by atoms with Gasteiger partial charge in [0.15, 0.2) is 0 Å². The minimum Gasteiger partial charge on any atom is -0.481 e. The molecule has 4 bridgehead atoms. The minimum absolute atomic E-state index is 0.0989. The third-order valence-corrected chi connectivity index (χ3v) is 16.8. The lowest BCUT2D eigenvalue weighted by atomic mass is 9.41. The third-order valence-electron chi connectivity index (χ3n) is 16.8. The van der Waals surface area contributed by atoms with E-state index in [-0.39, 0.29) is 30.0 Å². The molecule has 7 rings (SSSR count). The average Bonchev–Trinajstić information content (AvgIpc) is 3.97. The second-order valence-corrected chi connectivity index (χ2v) is 19.0. The molecule has 52 heavy (non-hydrogen) atoms. The summed E-state index contributed by atoms with van der Waals surface area (Å²) in [6.07, 6.45) is 14.8. The summed E-state index contributed by atoms with van der Waals surface area (Å²) in [5.41, 5.74) is -1.46. The number of fused-ring (bicyclic) bond motifs is 2. The Bertz CT molecular complexity index is 1290. The molecule has 0 amide bonds. The summed E-state index contributed by atoms with van der Waals surface area (Å²) < 4.78 is 7.53. The number of carbonyl (C=O) groups is 2. The van der Waals surface area contributed by atoms with Gasteiger partial charge in [0, 0.05) is 64.3 Å². The van der Waals surface area contributed by atoms with E-state index < -0.39 is 22.2 Å². The molecule has 0 spiro atoms. The van der Waals surface area contributed by atoms with Gasteiger partial charge in [-0.05, 0) is 93.2 Å². The van der Waals surface area contributed by atoms with Crippen LogP contribution in [0.3, 0.4) is 0 Å². The van der Waals surface area contributed by atoms with Gasteiger partial charge < -0.3 is 19.5 Å². The van der Waals surface area contributed by atoms with Crippen LogP contribution in [0.1, 0.15) is 106 Å². The van der Waals surface area contributed by atoms with E-state index in [1.54, 1.807) is 0 Å². The van der Waals surface area contributed by atoms with E-state index >= 15 is 0 Å². The third kappa shape index (κ3) is 6.19. The molecule has 0 aromatic heterocycles. The van der Waals surface area contributed by atoms with E-state index in [1.165, 1.54) is 51.5 Å². The molecule has 2 heterocycles. The van der Waals surface area contributed by atoms with Crippen LogP contribution in [0, 0.1) is 57.7 Å². The largest absolute Gasteiger partial charge is 0.481 e. The number of ether oxygens (including phenoxy) is 1. The highest BCUT2D eigenvalue weighted by Crippen LogP contribution is 2.84. The number of hydrogen-bond donors (Lipinski definition) is 1. The van der Waals surface area contributed by atoms with Gasteiger partial charge in [0.2, 0.25) is 0 Å². The van der Waals surface area contributed by atoms with Crippen molar-refractivity contribution < 1.29 is 19.4 Å². The summed E-state index contributed by atoms with van der Waals surface area (Å²) >= 11 is 0. The van der Waals surface area contributed by atoms with Crippen LogP contribution in [-0.4, -0.2) is 128 Å². The highest BCUT2D eigenvalue weighted by atomic mass is 16.5. The highest BCUT2D eigenvalue weighted by Gasteiger charge is 2.86. The topological polar surface area (TPSA) is 76.6 Å².